The lowest BCUT2D eigenvalue weighted by atomic mass is 10.3. The van der Waals surface area contributed by atoms with Crippen LogP contribution in [0.2, 0.25) is 0 Å². The van der Waals surface area contributed by atoms with Crippen molar-refractivity contribution < 1.29 is 13.2 Å². The lowest BCUT2D eigenvalue weighted by Gasteiger charge is -2.21. The van der Waals surface area contributed by atoms with Gasteiger partial charge in [0.25, 0.3) is 0 Å². The van der Waals surface area contributed by atoms with E-state index in [1.54, 1.807) is 23.1 Å². The lowest BCUT2D eigenvalue weighted by molar-refractivity contribution is -0.130. The molecule has 1 aromatic carbocycles. The molecule has 0 bridgehead atoms. The molecule has 0 spiro atoms. The Morgan fingerprint density at radius 3 is 2.60 bits per heavy atom. The normalized spacial score (nSPS) is 19.6. The molecule has 2 rings (SSSR count). The van der Waals surface area contributed by atoms with Crippen molar-refractivity contribution in [2.45, 2.75) is 17.4 Å². The van der Waals surface area contributed by atoms with Gasteiger partial charge in [0.2, 0.25) is 15.9 Å². The third-order valence-electron chi connectivity index (χ3n) is 3.39. The SMILES string of the molecule is CN(CC(=O)N1CC[C@@H](N)C1)S(=O)(=O)c1ccccc1. The fourth-order valence-corrected chi connectivity index (χ4v) is 3.30. The molecule has 0 aromatic heterocycles. The van der Waals surface area contributed by atoms with Crippen molar-refractivity contribution in [3.8, 4) is 0 Å². The summed E-state index contributed by atoms with van der Waals surface area (Å²) in [6.45, 7) is 0.932. The number of likely N-dealkylation sites (N-methyl/N-ethyl adjacent to an activating group) is 1. The van der Waals surface area contributed by atoms with Crippen LogP contribution < -0.4 is 5.73 Å². The van der Waals surface area contributed by atoms with Crippen molar-refractivity contribution in [3.63, 3.8) is 0 Å². The van der Waals surface area contributed by atoms with E-state index in [-0.39, 0.29) is 23.4 Å². The average Bonchev–Trinajstić information content (AvgIpc) is 2.86. The van der Waals surface area contributed by atoms with E-state index in [4.69, 9.17) is 5.73 Å². The molecular formula is C13H19N3O3S. The molecule has 1 saturated heterocycles. The van der Waals surface area contributed by atoms with Crippen molar-refractivity contribution in [3.05, 3.63) is 30.3 Å². The Hall–Kier alpha value is -1.44. The molecule has 1 aliphatic heterocycles. The molecule has 110 valence electrons. The number of carbonyl (C=O) groups excluding carboxylic acids is 1. The minimum absolute atomic E-state index is 0.00464. The lowest BCUT2D eigenvalue weighted by Crippen LogP contribution is -2.41. The van der Waals surface area contributed by atoms with Crippen molar-refractivity contribution in [1.29, 1.82) is 0 Å². The third-order valence-corrected chi connectivity index (χ3v) is 5.20. The highest BCUT2D eigenvalue weighted by Gasteiger charge is 2.28. The molecule has 1 fully saturated rings. The predicted octanol–water partition coefficient (Wildman–Crippen LogP) is -0.133. The van der Waals surface area contributed by atoms with Gasteiger partial charge in [0.15, 0.2) is 0 Å². The van der Waals surface area contributed by atoms with E-state index >= 15 is 0 Å². The molecule has 1 heterocycles. The number of nitrogens with two attached hydrogens (primary N) is 1. The minimum Gasteiger partial charge on any atom is -0.340 e. The van der Waals surface area contributed by atoms with Gasteiger partial charge < -0.3 is 10.6 Å². The monoisotopic (exact) mass is 297 g/mol. The summed E-state index contributed by atoms with van der Waals surface area (Å²) >= 11 is 0. The highest BCUT2D eigenvalue weighted by Crippen LogP contribution is 2.14. The van der Waals surface area contributed by atoms with Crippen LogP contribution in [0.3, 0.4) is 0 Å². The Balaban J connectivity index is 2.04. The Morgan fingerprint density at radius 2 is 2.05 bits per heavy atom. The summed E-state index contributed by atoms with van der Waals surface area (Å²) < 4.78 is 25.6. The van der Waals surface area contributed by atoms with Gasteiger partial charge in [-0.1, -0.05) is 18.2 Å². The van der Waals surface area contributed by atoms with E-state index in [1.165, 1.54) is 19.2 Å². The van der Waals surface area contributed by atoms with Crippen LogP contribution in [0.25, 0.3) is 0 Å². The molecular weight excluding hydrogens is 278 g/mol. The van der Waals surface area contributed by atoms with E-state index in [0.717, 1.165) is 10.7 Å². The quantitative estimate of drug-likeness (QED) is 0.839. The molecule has 2 N–H and O–H groups in total. The number of hydrogen-bond donors (Lipinski definition) is 1. The van der Waals surface area contributed by atoms with Crippen molar-refractivity contribution >= 4 is 15.9 Å². The molecule has 1 aromatic rings. The summed E-state index contributed by atoms with van der Waals surface area (Å²) in [5, 5.41) is 0. The van der Waals surface area contributed by atoms with Gasteiger partial charge in [0.1, 0.15) is 0 Å². The first-order chi connectivity index (χ1) is 9.41. The zero-order valence-corrected chi connectivity index (χ0v) is 12.2. The number of rotatable bonds is 4. The maximum atomic E-state index is 12.3. The van der Waals surface area contributed by atoms with Gasteiger partial charge >= 0.3 is 0 Å². The molecule has 0 saturated carbocycles. The molecule has 0 radical (unpaired) electrons. The molecule has 20 heavy (non-hydrogen) atoms. The highest BCUT2D eigenvalue weighted by molar-refractivity contribution is 7.89. The van der Waals surface area contributed by atoms with E-state index < -0.39 is 10.0 Å². The molecule has 6 nitrogen and oxygen atoms in total. The molecule has 1 aliphatic rings. The number of hydrogen-bond acceptors (Lipinski definition) is 4. The number of benzene rings is 1. The first-order valence-electron chi connectivity index (χ1n) is 6.46. The molecule has 1 amide bonds. The Bertz CT molecular complexity index is 574. The van der Waals surface area contributed by atoms with E-state index in [1.807, 2.05) is 0 Å². The van der Waals surface area contributed by atoms with Crippen LogP contribution in [0, 0.1) is 0 Å². The number of carbonyl (C=O) groups is 1. The van der Waals surface area contributed by atoms with Gasteiger partial charge in [0.05, 0.1) is 11.4 Å². The van der Waals surface area contributed by atoms with Gasteiger partial charge in [0, 0.05) is 26.2 Å². The second kappa shape index (κ2) is 5.90. The second-order valence-electron chi connectivity index (χ2n) is 4.96. The summed E-state index contributed by atoms with van der Waals surface area (Å²) in [5.41, 5.74) is 5.74. The summed E-state index contributed by atoms with van der Waals surface area (Å²) in [4.78, 5) is 13.8. The largest absolute Gasteiger partial charge is 0.340 e. The van der Waals surface area contributed by atoms with E-state index in [0.29, 0.717) is 13.1 Å². The van der Waals surface area contributed by atoms with Gasteiger partial charge in [-0.3, -0.25) is 4.79 Å². The predicted molar refractivity (Wildman–Crippen MR) is 75.4 cm³/mol. The Morgan fingerprint density at radius 1 is 1.40 bits per heavy atom. The van der Waals surface area contributed by atoms with Crippen LogP contribution >= 0.6 is 0 Å². The molecule has 0 unspecified atom stereocenters. The zero-order chi connectivity index (χ0) is 14.8. The Kier molecular flexibility index (Phi) is 4.42. The number of nitrogens with zero attached hydrogens (tertiary/aromatic N) is 2. The zero-order valence-electron chi connectivity index (χ0n) is 11.4. The number of sulfonamides is 1. The van der Waals surface area contributed by atoms with Crippen LogP contribution in [-0.4, -0.2) is 56.3 Å². The second-order valence-corrected chi connectivity index (χ2v) is 7.01. The van der Waals surface area contributed by atoms with E-state index in [9.17, 15) is 13.2 Å². The number of likely N-dealkylation sites (tertiary alicyclic amines) is 1. The summed E-state index contributed by atoms with van der Waals surface area (Å²) in [7, 11) is -2.21. The van der Waals surface area contributed by atoms with Crippen LogP contribution in [0.5, 0.6) is 0 Å². The van der Waals surface area contributed by atoms with Crippen molar-refractivity contribution in [2.75, 3.05) is 26.7 Å². The topological polar surface area (TPSA) is 83.7 Å². The molecule has 1 atom stereocenters. The van der Waals surface area contributed by atoms with Crippen LogP contribution in [0.4, 0.5) is 0 Å². The van der Waals surface area contributed by atoms with Crippen molar-refractivity contribution in [1.82, 2.24) is 9.21 Å². The Labute approximate surface area is 119 Å². The minimum atomic E-state index is -3.62. The first kappa shape index (κ1) is 15.0. The third kappa shape index (κ3) is 3.17. The van der Waals surface area contributed by atoms with E-state index in [2.05, 4.69) is 0 Å². The standard InChI is InChI=1S/C13H19N3O3S/c1-15(10-13(17)16-8-7-11(14)9-16)20(18,19)12-5-3-2-4-6-12/h2-6,11H,7-10,14H2,1H3/t11-/m1/s1. The van der Waals surface area contributed by atoms with Gasteiger partial charge in [-0.15, -0.1) is 0 Å². The van der Waals surface area contributed by atoms with Crippen LogP contribution in [0.1, 0.15) is 6.42 Å². The fraction of sp³-hybridized carbons (Fsp3) is 0.462. The van der Waals surface area contributed by atoms with Crippen molar-refractivity contribution in [2.24, 2.45) is 5.73 Å². The highest BCUT2D eigenvalue weighted by atomic mass is 32.2. The maximum Gasteiger partial charge on any atom is 0.243 e. The molecule has 7 heteroatoms. The number of amides is 1. The van der Waals surface area contributed by atoms with Gasteiger partial charge in [-0.2, -0.15) is 4.31 Å². The maximum absolute atomic E-state index is 12.3. The summed E-state index contributed by atoms with van der Waals surface area (Å²) in [5.74, 6) is -0.208. The first-order valence-corrected chi connectivity index (χ1v) is 7.90. The average molecular weight is 297 g/mol. The van der Waals surface area contributed by atoms with Crippen LogP contribution in [-0.2, 0) is 14.8 Å². The molecule has 0 aliphatic carbocycles. The smallest absolute Gasteiger partial charge is 0.243 e. The summed E-state index contributed by atoms with van der Waals surface area (Å²) in [6.07, 6.45) is 0.765. The van der Waals surface area contributed by atoms with Gasteiger partial charge in [-0.05, 0) is 18.6 Å². The van der Waals surface area contributed by atoms with Gasteiger partial charge in [-0.25, -0.2) is 8.42 Å². The summed E-state index contributed by atoms with van der Waals surface area (Å²) in [6, 6.07) is 8.08. The van der Waals surface area contributed by atoms with Crippen LogP contribution in [0.15, 0.2) is 35.2 Å². The fourth-order valence-electron chi connectivity index (χ4n) is 2.16.